The summed E-state index contributed by atoms with van der Waals surface area (Å²) in [6, 6.07) is 6.34. The van der Waals surface area contributed by atoms with Crippen LogP contribution in [0.15, 0.2) is 18.2 Å². The van der Waals surface area contributed by atoms with Crippen molar-refractivity contribution in [1.29, 1.82) is 5.26 Å². The third-order valence-electron chi connectivity index (χ3n) is 3.31. The van der Waals surface area contributed by atoms with E-state index in [-0.39, 0.29) is 17.4 Å². The van der Waals surface area contributed by atoms with Gasteiger partial charge in [-0.3, -0.25) is 4.79 Å². The summed E-state index contributed by atoms with van der Waals surface area (Å²) in [6.07, 6.45) is 2.17. The fraction of sp³-hybridized carbons (Fsp3) is 0.429. The molecule has 2 rings (SSSR count). The quantitative estimate of drug-likeness (QED) is 0.868. The molecule has 5 heteroatoms. The lowest BCUT2D eigenvalue weighted by Gasteiger charge is -2.11. The second kappa shape index (κ2) is 5.62. The molecule has 1 aromatic carbocycles. The van der Waals surface area contributed by atoms with E-state index in [0.717, 1.165) is 24.2 Å². The number of hydrogen-bond acceptors (Lipinski definition) is 3. The SMILES string of the molecule is N#Cc1cc(CSCC2(CC(=O)O)CC2)ccc1F. The van der Waals surface area contributed by atoms with Crippen molar-refractivity contribution >= 4 is 17.7 Å². The molecule has 0 radical (unpaired) electrons. The van der Waals surface area contributed by atoms with E-state index in [4.69, 9.17) is 10.4 Å². The number of thioether (sulfide) groups is 1. The van der Waals surface area contributed by atoms with Gasteiger partial charge in [-0.2, -0.15) is 17.0 Å². The third kappa shape index (κ3) is 3.71. The predicted octanol–water partition coefficient (Wildman–Crippen LogP) is 3.19. The summed E-state index contributed by atoms with van der Waals surface area (Å²) in [5.41, 5.74) is 0.924. The highest BCUT2D eigenvalue weighted by molar-refractivity contribution is 7.98. The van der Waals surface area contributed by atoms with E-state index >= 15 is 0 Å². The number of carboxylic acids is 1. The van der Waals surface area contributed by atoms with E-state index in [2.05, 4.69) is 0 Å². The number of aliphatic carboxylic acids is 1. The first-order valence-corrected chi connectivity index (χ1v) is 7.18. The molecule has 0 bridgehead atoms. The smallest absolute Gasteiger partial charge is 0.303 e. The van der Waals surface area contributed by atoms with Gasteiger partial charge >= 0.3 is 5.97 Å². The Morgan fingerprint density at radius 1 is 1.53 bits per heavy atom. The Hall–Kier alpha value is -1.54. The lowest BCUT2D eigenvalue weighted by Crippen LogP contribution is -2.11. The van der Waals surface area contributed by atoms with Gasteiger partial charge in [-0.1, -0.05) is 6.07 Å². The van der Waals surface area contributed by atoms with Gasteiger partial charge in [0.1, 0.15) is 11.9 Å². The number of halogens is 1. The first kappa shape index (κ1) is 13.9. The summed E-state index contributed by atoms with van der Waals surface area (Å²) < 4.78 is 13.1. The molecule has 0 atom stereocenters. The molecule has 0 spiro atoms. The van der Waals surface area contributed by atoms with Gasteiger partial charge in [-0.05, 0) is 41.7 Å². The summed E-state index contributed by atoms with van der Waals surface area (Å²) in [5, 5.41) is 17.6. The van der Waals surface area contributed by atoms with Crippen molar-refractivity contribution < 1.29 is 14.3 Å². The lowest BCUT2D eigenvalue weighted by molar-refractivity contribution is -0.138. The minimum atomic E-state index is -0.744. The lowest BCUT2D eigenvalue weighted by atomic mass is 10.1. The van der Waals surface area contributed by atoms with Crippen LogP contribution in [0.4, 0.5) is 4.39 Å². The number of carboxylic acid groups (broad SMARTS) is 1. The highest BCUT2D eigenvalue weighted by Gasteiger charge is 2.43. The van der Waals surface area contributed by atoms with Crippen molar-refractivity contribution in [2.45, 2.75) is 25.0 Å². The average molecular weight is 279 g/mol. The standard InChI is InChI=1S/C14H14FNO2S/c15-12-2-1-10(5-11(12)7-16)8-19-9-14(3-4-14)6-13(17)18/h1-2,5H,3-4,6,8-9H2,(H,17,18). The van der Waals surface area contributed by atoms with Crippen LogP contribution in [0.5, 0.6) is 0 Å². The van der Waals surface area contributed by atoms with E-state index < -0.39 is 11.8 Å². The Kier molecular flexibility index (Phi) is 4.11. The molecule has 1 aliphatic carbocycles. The van der Waals surface area contributed by atoms with Crippen molar-refractivity contribution in [1.82, 2.24) is 0 Å². The number of hydrogen-bond donors (Lipinski definition) is 1. The van der Waals surface area contributed by atoms with Gasteiger partial charge in [0.15, 0.2) is 0 Å². The van der Waals surface area contributed by atoms with E-state index in [1.54, 1.807) is 23.9 Å². The zero-order valence-electron chi connectivity index (χ0n) is 10.4. The Morgan fingerprint density at radius 2 is 2.26 bits per heavy atom. The predicted molar refractivity (Wildman–Crippen MR) is 71.2 cm³/mol. The number of carbonyl (C=O) groups is 1. The van der Waals surface area contributed by atoms with E-state index in [9.17, 15) is 9.18 Å². The van der Waals surface area contributed by atoms with Crippen LogP contribution in [0.2, 0.25) is 0 Å². The van der Waals surface area contributed by atoms with Crippen molar-refractivity contribution in [3.8, 4) is 6.07 Å². The van der Waals surface area contributed by atoms with Crippen LogP contribution < -0.4 is 0 Å². The highest BCUT2D eigenvalue weighted by atomic mass is 32.2. The fourth-order valence-corrected chi connectivity index (χ4v) is 3.34. The van der Waals surface area contributed by atoms with Crippen LogP contribution in [0.25, 0.3) is 0 Å². The minimum absolute atomic E-state index is 0.0331. The van der Waals surface area contributed by atoms with E-state index in [1.165, 1.54) is 6.07 Å². The van der Waals surface area contributed by atoms with Gasteiger partial charge in [0.25, 0.3) is 0 Å². The van der Waals surface area contributed by atoms with Gasteiger partial charge in [0, 0.05) is 5.75 Å². The topological polar surface area (TPSA) is 61.1 Å². The molecule has 0 aliphatic heterocycles. The first-order chi connectivity index (χ1) is 9.04. The second-order valence-corrected chi connectivity index (χ2v) is 5.97. The minimum Gasteiger partial charge on any atom is -0.481 e. The molecule has 0 amide bonds. The molecular formula is C14H14FNO2S. The average Bonchev–Trinajstić information content (AvgIpc) is 3.10. The molecule has 1 N–H and O–H groups in total. The fourth-order valence-electron chi connectivity index (χ4n) is 2.00. The van der Waals surface area contributed by atoms with Crippen LogP contribution in [-0.4, -0.2) is 16.8 Å². The molecule has 1 aliphatic rings. The van der Waals surface area contributed by atoms with Crippen LogP contribution in [-0.2, 0) is 10.5 Å². The Labute approximate surface area is 115 Å². The van der Waals surface area contributed by atoms with Gasteiger partial charge in [0.2, 0.25) is 0 Å². The second-order valence-electron chi connectivity index (χ2n) is 4.99. The largest absolute Gasteiger partial charge is 0.481 e. The van der Waals surface area contributed by atoms with E-state index in [1.807, 2.05) is 6.07 Å². The summed E-state index contributed by atoms with van der Waals surface area (Å²) in [4.78, 5) is 10.7. The van der Waals surface area contributed by atoms with Crippen LogP contribution in [0.3, 0.4) is 0 Å². The maximum Gasteiger partial charge on any atom is 0.303 e. The number of benzene rings is 1. The van der Waals surface area contributed by atoms with Gasteiger partial charge in [-0.15, -0.1) is 0 Å². The normalized spacial score (nSPS) is 15.8. The maximum atomic E-state index is 13.1. The van der Waals surface area contributed by atoms with E-state index in [0.29, 0.717) is 5.75 Å². The van der Waals surface area contributed by atoms with Gasteiger partial charge in [0.05, 0.1) is 12.0 Å². The molecule has 1 aromatic rings. The molecule has 19 heavy (non-hydrogen) atoms. The van der Waals surface area contributed by atoms with Crippen LogP contribution in [0.1, 0.15) is 30.4 Å². The summed E-state index contributed by atoms with van der Waals surface area (Å²) in [7, 11) is 0. The zero-order chi connectivity index (χ0) is 13.9. The summed E-state index contributed by atoms with van der Waals surface area (Å²) in [5.74, 6) is 0.238. The molecule has 0 heterocycles. The molecule has 100 valence electrons. The highest BCUT2D eigenvalue weighted by Crippen LogP contribution is 2.51. The maximum absolute atomic E-state index is 13.1. The molecule has 1 saturated carbocycles. The number of nitrogens with zero attached hydrogens (tertiary/aromatic N) is 1. The number of nitriles is 1. The number of rotatable bonds is 6. The molecule has 3 nitrogen and oxygen atoms in total. The molecule has 1 fully saturated rings. The van der Waals surface area contributed by atoms with Crippen molar-refractivity contribution in [3.63, 3.8) is 0 Å². The zero-order valence-corrected chi connectivity index (χ0v) is 11.2. The summed E-state index contributed by atoms with van der Waals surface area (Å²) >= 11 is 1.65. The van der Waals surface area contributed by atoms with Gasteiger partial charge in [-0.25, -0.2) is 4.39 Å². The van der Waals surface area contributed by atoms with Gasteiger partial charge < -0.3 is 5.11 Å². The Balaban J connectivity index is 1.87. The third-order valence-corrected chi connectivity index (χ3v) is 4.67. The molecule has 0 unspecified atom stereocenters. The van der Waals surface area contributed by atoms with Crippen LogP contribution in [0, 0.1) is 22.6 Å². The van der Waals surface area contributed by atoms with Crippen molar-refractivity contribution in [2.24, 2.45) is 5.41 Å². The van der Waals surface area contributed by atoms with Crippen LogP contribution >= 0.6 is 11.8 Å². The molecule has 0 saturated heterocycles. The van der Waals surface area contributed by atoms with Crippen molar-refractivity contribution in [3.05, 3.63) is 35.1 Å². The molecule has 0 aromatic heterocycles. The first-order valence-electron chi connectivity index (χ1n) is 6.03. The Bertz CT molecular complexity index is 535. The monoisotopic (exact) mass is 279 g/mol. The summed E-state index contributed by atoms with van der Waals surface area (Å²) in [6.45, 7) is 0. The Morgan fingerprint density at radius 3 is 2.84 bits per heavy atom. The molecular weight excluding hydrogens is 265 g/mol. The van der Waals surface area contributed by atoms with Crippen molar-refractivity contribution in [2.75, 3.05) is 5.75 Å².